The second-order valence-corrected chi connectivity index (χ2v) is 4.54. The lowest BCUT2D eigenvalue weighted by molar-refractivity contribution is 0.133. The lowest BCUT2D eigenvalue weighted by Crippen LogP contribution is -2.36. The van der Waals surface area contributed by atoms with Gasteiger partial charge in [-0.1, -0.05) is 6.42 Å². The second-order valence-electron chi connectivity index (χ2n) is 4.23. The largest absolute Gasteiger partial charge is 0.272 e. The van der Waals surface area contributed by atoms with Gasteiger partial charge in [-0.05, 0) is 36.5 Å². The molecule has 1 heterocycles. The normalized spacial score (nSPS) is 19.8. The summed E-state index contributed by atoms with van der Waals surface area (Å²) in [5.74, 6) is 0.992. The fourth-order valence-electron chi connectivity index (χ4n) is 1.94. The monoisotopic (exact) mass is 196 g/mol. The summed E-state index contributed by atoms with van der Waals surface area (Å²) in [5.41, 5.74) is 1.69. The Bertz CT molecular complexity index is 283. The number of thiol groups is 1. The summed E-state index contributed by atoms with van der Waals surface area (Å²) < 4.78 is 2.06. The first-order valence-corrected chi connectivity index (χ1v) is 5.47. The van der Waals surface area contributed by atoms with Crippen molar-refractivity contribution < 1.29 is 0 Å². The minimum absolute atomic E-state index is 0.446. The van der Waals surface area contributed by atoms with Crippen LogP contribution in [-0.2, 0) is 6.54 Å². The van der Waals surface area contributed by atoms with E-state index >= 15 is 0 Å². The van der Waals surface area contributed by atoms with Gasteiger partial charge in [0.05, 0.1) is 6.20 Å². The van der Waals surface area contributed by atoms with E-state index in [0.29, 0.717) is 5.41 Å². The summed E-state index contributed by atoms with van der Waals surface area (Å²) in [6, 6.07) is 0. The predicted octanol–water partition coefficient (Wildman–Crippen LogP) is 2.29. The third-order valence-corrected chi connectivity index (χ3v) is 3.68. The zero-order valence-corrected chi connectivity index (χ0v) is 8.93. The standard InChI is InChI=1S/C10H16N2S/c1-9-5-11-12(6-9)7-10(8-13)3-2-4-10/h5-6,13H,2-4,7-8H2,1H3. The van der Waals surface area contributed by atoms with E-state index in [9.17, 15) is 0 Å². The average molecular weight is 196 g/mol. The van der Waals surface area contributed by atoms with Crippen molar-refractivity contribution >= 4 is 12.6 Å². The summed E-state index contributed by atoms with van der Waals surface area (Å²) >= 11 is 4.43. The minimum atomic E-state index is 0.446. The highest BCUT2D eigenvalue weighted by Crippen LogP contribution is 2.43. The molecule has 0 atom stereocenters. The van der Waals surface area contributed by atoms with E-state index in [0.717, 1.165) is 12.3 Å². The van der Waals surface area contributed by atoms with Crippen LogP contribution in [0.3, 0.4) is 0 Å². The van der Waals surface area contributed by atoms with Crippen LogP contribution in [0.2, 0.25) is 0 Å². The first-order valence-electron chi connectivity index (χ1n) is 4.84. The Kier molecular flexibility index (Phi) is 2.37. The van der Waals surface area contributed by atoms with Crippen molar-refractivity contribution in [3.8, 4) is 0 Å². The van der Waals surface area contributed by atoms with Gasteiger partial charge in [0.25, 0.3) is 0 Å². The molecule has 0 radical (unpaired) electrons. The van der Waals surface area contributed by atoms with Gasteiger partial charge in [0, 0.05) is 12.7 Å². The molecule has 2 rings (SSSR count). The Morgan fingerprint density at radius 3 is 2.77 bits per heavy atom. The molecule has 0 spiro atoms. The van der Waals surface area contributed by atoms with Gasteiger partial charge in [-0.25, -0.2) is 0 Å². The fourth-order valence-corrected chi connectivity index (χ4v) is 2.36. The lowest BCUT2D eigenvalue weighted by atomic mass is 9.70. The van der Waals surface area contributed by atoms with Gasteiger partial charge in [-0.2, -0.15) is 17.7 Å². The molecule has 1 aromatic rings. The Balaban J connectivity index is 2.04. The van der Waals surface area contributed by atoms with Gasteiger partial charge in [0.2, 0.25) is 0 Å². The van der Waals surface area contributed by atoms with E-state index in [1.54, 1.807) is 0 Å². The number of rotatable bonds is 3. The van der Waals surface area contributed by atoms with Crippen molar-refractivity contribution in [2.45, 2.75) is 32.7 Å². The fraction of sp³-hybridized carbons (Fsp3) is 0.700. The highest BCUT2D eigenvalue weighted by Gasteiger charge is 2.36. The molecule has 0 bridgehead atoms. The summed E-state index contributed by atoms with van der Waals surface area (Å²) in [7, 11) is 0. The Morgan fingerprint density at radius 2 is 2.38 bits per heavy atom. The minimum Gasteiger partial charge on any atom is -0.272 e. The third-order valence-electron chi connectivity index (χ3n) is 3.01. The van der Waals surface area contributed by atoms with Crippen molar-refractivity contribution in [1.29, 1.82) is 0 Å². The van der Waals surface area contributed by atoms with Gasteiger partial charge in [0.1, 0.15) is 0 Å². The average Bonchev–Trinajstić information content (AvgIpc) is 2.44. The van der Waals surface area contributed by atoms with Crippen molar-refractivity contribution in [2.75, 3.05) is 5.75 Å². The number of hydrogen-bond acceptors (Lipinski definition) is 2. The maximum atomic E-state index is 4.43. The number of nitrogens with zero attached hydrogens (tertiary/aromatic N) is 2. The summed E-state index contributed by atoms with van der Waals surface area (Å²) in [6.07, 6.45) is 8.03. The van der Waals surface area contributed by atoms with Crippen LogP contribution in [0.4, 0.5) is 0 Å². The van der Waals surface area contributed by atoms with Crippen LogP contribution in [0.15, 0.2) is 12.4 Å². The molecule has 0 N–H and O–H groups in total. The van der Waals surface area contributed by atoms with Crippen LogP contribution in [0.25, 0.3) is 0 Å². The van der Waals surface area contributed by atoms with Crippen LogP contribution >= 0.6 is 12.6 Å². The van der Waals surface area contributed by atoms with E-state index in [4.69, 9.17) is 0 Å². The number of aryl methyl sites for hydroxylation is 1. The molecule has 1 aromatic heterocycles. The molecule has 2 nitrogen and oxygen atoms in total. The van der Waals surface area contributed by atoms with Crippen LogP contribution in [0.5, 0.6) is 0 Å². The molecule has 3 heteroatoms. The maximum Gasteiger partial charge on any atom is 0.0518 e. The third kappa shape index (κ3) is 1.75. The van der Waals surface area contributed by atoms with E-state index in [1.807, 2.05) is 6.20 Å². The highest BCUT2D eigenvalue weighted by molar-refractivity contribution is 7.80. The molecule has 1 saturated carbocycles. The molecule has 0 aromatic carbocycles. The highest BCUT2D eigenvalue weighted by atomic mass is 32.1. The Hall–Kier alpha value is -0.440. The molecule has 1 fully saturated rings. The molecule has 1 aliphatic rings. The Morgan fingerprint density at radius 1 is 1.62 bits per heavy atom. The van der Waals surface area contributed by atoms with Crippen molar-refractivity contribution in [3.05, 3.63) is 18.0 Å². The van der Waals surface area contributed by atoms with Crippen LogP contribution in [-0.4, -0.2) is 15.5 Å². The second kappa shape index (κ2) is 3.37. The van der Waals surface area contributed by atoms with Gasteiger partial charge in [-0.3, -0.25) is 4.68 Å². The zero-order valence-electron chi connectivity index (χ0n) is 8.03. The maximum absolute atomic E-state index is 4.43. The van der Waals surface area contributed by atoms with E-state index < -0.39 is 0 Å². The van der Waals surface area contributed by atoms with Crippen LogP contribution in [0.1, 0.15) is 24.8 Å². The topological polar surface area (TPSA) is 17.8 Å². The summed E-state index contributed by atoms with van der Waals surface area (Å²) in [6.45, 7) is 3.13. The molecule has 0 aliphatic heterocycles. The van der Waals surface area contributed by atoms with E-state index in [-0.39, 0.29) is 0 Å². The first-order chi connectivity index (χ1) is 6.24. The smallest absolute Gasteiger partial charge is 0.0518 e. The van der Waals surface area contributed by atoms with Crippen LogP contribution in [0, 0.1) is 12.3 Å². The zero-order chi connectivity index (χ0) is 9.31. The molecule has 1 aliphatic carbocycles. The van der Waals surface area contributed by atoms with E-state index in [1.165, 1.54) is 24.8 Å². The number of aromatic nitrogens is 2. The molecule has 0 unspecified atom stereocenters. The van der Waals surface area contributed by atoms with Gasteiger partial charge in [-0.15, -0.1) is 0 Å². The molecular formula is C10H16N2S. The van der Waals surface area contributed by atoms with Crippen molar-refractivity contribution in [1.82, 2.24) is 9.78 Å². The van der Waals surface area contributed by atoms with Gasteiger partial charge in [0.15, 0.2) is 0 Å². The van der Waals surface area contributed by atoms with E-state index in [2.05, 4.69) is 35.5 Å². The summed E-state index contributed by atoms with van der Waals surface area (Å²) in [5, 5.41) is 4.31. The molecular weight excluding hydrogens is 180 g/mol. The molecule has 13 heavy (non-hydrogen) atoms. The number of hydrogen-bond donors (Lipinski definition) is 1. The quantitative estimate of drug-likeness (QED) is 0.734. The summed E-state index contributed by atoms with van der Waals surface area (Å²) in [4.78, 5) is 0. The molecule has 72 valence electrons. The molecule has 0 saturated heterocycles. The first kappa shape index (κ1) is 9.13. The van der Waals surface area contributed by atoms with Gasteiger partial charge >= 0.3 is 0 Å². The van der Waals surface area contributed by atoms with Crippen LogP contribution < -0.4 is 0 Å². The lowest BCUT2D eigenvalue weighted by Gasteiger charge is -2.40. The predicted molar refractivity (Wildman–Crippen MR) is 57.1 cm³/mol. The van der Waals surface area contributed by atoms with Crippen molar-refractivity contribution in [2.24, 2.45) is 5.41 Å². The van der Waals surface area contributed by atoms with Crippen molar-refractivity contribution in [3.63, 3.8) is 0 Å². The molecule has 0 amide bonds. The SMILES string of the molecule is Cc1cnn(CC2(CS)CCC2)c1. The van der Waals surface area contributed by atoms with Gasteiger partial charge < -0.3 is 0 Å². The Labute approximate surface area is 84.7 Å².